The minimum atomic E-state index is -0.564. The van der Waals surface area contributed by atoms with Crippen LogP contribution in [0.4, 0.5) is 9.18 Å². The zero-order valence-electron chi connectivity index (χ0n) is 13.2. The molecule has 0 radical (unpaired) electrons. The van der Waals surface area contributed by atoms with Crippen molar-refractivity contribution in [3.8, 4) is 0 Å². The molecule has 6 nitrogen and oxygen atoms in total. The van der Waals surface area contributed by atoms with Crippen LogP contribution in [0.15, 0.2) is 42.6 Å². The van der Waals surface area contributed by atoms with E-state index in [1.807, 2.05) is 0 Å². The van der Waals surface area contributed by atoms with Crippen molar-refractivity contribution in [1.82, 2.24) is 15.6 Å². The Morgan fingerprint density at radius 2 is 1.92 bits per heavy atom. The van der Waals surface area contributed by atoms with E-state index in [1.165, 1.54) is 25.4 Å². The molecule has 0 spiro atoms. The summed E-state index contributed by atoms with van der Waals surface area (Å²) < 4.78 is 17.3. The molecule has 2 rings (SSSR count). The van der Waals surface area contributed by atoms with Gasteiger partial charge in [0, 0.05) is 18.3 Å². The van der Waals surface area contributed by atoms with E-state index in [-0.39, 0.29) is 18.3 Å². The number of carbonyl (C=O) groups is 2. The van der Waals surface area contributed by atoms with Crippen LogP contribution in [0, 0.1) is 5.82 Å². The number of nitrogens with zero attached hydrogens (tertiary/aromatic N) is 1. The fourth-order valence-electron chi connectivity index (χ4n) is 2.02. The third-order valence-electron chi connectivity index (χ3n) is 3.29. The van der Waals surface area contributed by atoms with Gasteiger partial charge in [0.2, 0.25) is 0 Å². The van der Waals surface area contributed by atoms with Gasteiger partial charge in [-0.15, -0.1) is 0 Å². The fraction of sp³-hybridized carbons (Fsp3) is 0.235. The van der Waals surface area contributed by atoms with E-state index in [1.54, 1.807) is 24.3 Å². The fourth-order valence-corrected chi connectivity index (χ4v) is 2.02. The number of aromatic nitrogens is 1. The average Bonchev–Trinajstić information content (AvgIpc) is 2.61. The first kappa shape index (κ1) is 17.4. The summed E-state index contributed by atoms with van der Waals surface area (Å²) in [5, 5.41) is 5.29. The van der Waals surface area contributed by atoms with Crippen LogP contribution < -0.4 is 10.6 Å². The maximum atomic E-state index is 12.8. The number of amides is 2. The molecule has 1 aromatic carbocycles. The molecule has 0 atom stereocenters. The summed E-state index contributed by atoms with van der Waals surface area (Å²) in [6.07, 6.45) is 1.54. The van der Waals surface area contributed by atoms with Gasteiger partial charge in [-0.25, -0.2) is 9.18 Å². The Bertz CT molecular complexity index is 704. The second kappa shape index (κ2) is 8.61. The minimum Gasteiger partial charge on any atom is -0.453 e. The first-order valence-electron chi connectivity index (χ1n) is 7.38. The smallest absolute Gasteiger partial charge is 0.407 e. The number of nitrogens with one attached hydrogen (secondary N) is 2. The van der Waals surface area contributed by atoms with E-state index in [0.29, 0.717) is 24.2 Å². The molecule has 0 unspecified atom stereocenters. The van der Waals surface area contributed by atoms with Crippen molar-refractivity contribution in [2.75, 3.05) is 13.7 Å². The van der Waals surface area contributed by atoms with Gasteiger partial charge in [0.1, 0.15) is 5.82 Å². The molecule has 0 aliphatic rings. The Labute approximate surface area is 139 Å². The topological polar surface area (TPSA) is 80.3 Å². The van der Waals surface area contributed by atoms with Crippen LogP contribution in [0.1, 0.15) is 21.6 Å². The maximum absolute atomic E-state index is 12.8. The maximum Gasteiger partial charge on any atom is 0.407 e. The Hall–Kier alpha value is -2.96. The lowest BCUT2D eigenvalue weighted by Gasteiger charge is -2.07. The zero-order valence-corrected chi connectivity index (χ0v) is 13.2. The van der Waals surface area contributed by atoms with E-state index in [0.717, 1.165) is 5.56 Å². The summed E-state index contributed by atoms with van der Waals surface area (Å²) in [6.45, 7) is 0.603. The molecule has 0 bridgehead atoms. The number of benzene rings is 1. The molecule has 24 heavy (non-hydrogen) atoms. The lowest BCUT2D eigenvalue weighted by atomic mass is 10.1. The molecule has 0 fully saturated rings. The van der Waals surface area contributed by atoms with Gasteiger partial charge in [-0.05, 0) is 36.2 Å². The number of halogens is 1. The van der Waals surface area contributed by atoms with E-state index < -0.39 is 6.09 Å². The molecule has 0 saturated carbocycles. The number of ether oxygens (including phenoxy) is 1. The molecule has 1 aromatic heterocycles. The van der Waals surface area contributed by atoms with Crippen LogP contribution in [-0.2, 0) is 17.7 Å². The molecular weight excluding hydrogens is 313 g/mol. The van der Waals surface area contributed by atoms with E-state index in [9.17, 15) is 14.0 Å². The van der Waals surface area contributed by atoms with Gasteiger partial charge in [0.15, 0.2) is 0 Å². The Balaban J connectivity index is 1.85. The largest absolute Gasteiger partial charge is 0.453 e. The second-order valence-electron chi connectivity index (χ2n) is 5.01. The molecule has 2 amide bonds. The van der Waals surface area contributed by atoms with E-state index in [2.05, 4.69) is 20.4 Å². The van der Waals surface area contributed by atoms with Crippen LogP contribution in [0.5, 0.6) is 0 Å². The first-order valence-corrected chi connectivity index (χ1v) is 7.38. The third-order valence-corrected chi connectivity index (χ3v) is 3.29. The van der Waals surface area contributed by atoms with Crippen LogP contribution in [0.3, 0.4) is 0 Å². The van der Waals surface area contributed by atoms with Crippen molar-refractivity contribution in [3.63, 3.8) is 0 Å². The van der Waals surface area contributed by atoms with Crippen LogP contribution in [0.25, 0.3) is 0 Å². The molecule has 0 aliphatic heterocycles. The van der Waals surface area contributed by atoms with Crippen molar-refractivity contribution < 1.29 is 18.7 Å². The molecule has 0 saturated heterocycles. The van der Waals surface area contributed by atoms with Crippen molar-refractivity contribution in [2.45, 2.75) is 13.0 Å². The second-order valence-corrected chi connectivity index (χ2v) is 5.01. The summed E-state index contributed by atoms with van der Waals surface area (Å²) in [5.41, 5.74) is 1.94. The number of pyridine rings is 1. The minimum absolute atomic E-state index is 0.170. The van der Waals surface area contributed by atoms with Gasteiger partial charge in [-0.2, -0.15) is 0 Å². The molecule has 2 aromatic rings. The predicted octanol–water partition coefficient (Wildman–Crippen LogP) is 2.05. The molecule has 0 aliphatic carbocycles. The highest BCUT2D eigenvalue weighted by Crippen LogP contribution is 2.04. The SMILES string of the molecule is COC(=O)NCc1cc(C(=O)NCCc2ccc(F)cc2)ccn1. The van der Waals surface area contributed by atoms with E-state index >= 15 is 0 Å². The molecule has 7 heteroatoms. The van der Waals surface area contributed by atoms with E-state index in [4.69, 9.17) is 0 Å². The van der Waals surface area contributed by atoms with Gasteiger partial charge in [-0.3, -0.25) is 9.78 Å². The van der Waals surface area contributed by atoms with Crippen LogP contribution >= 0.6 is 0 Å². The van der Waals surface area contributed by atoms with Crippen molar-refractivity contribution in [1.29, 1.82) is 0 Å². The lowest BCUT2D eigenvalue weighted by Crippen LogP contribution is -2.26. The van der Waals surface area contributed by atoms with Crippen molar-refractivity contribution >= 4 is 12.0 Å². The summed E-state index contributed by atoms with van der Waals surface area (Å²) >= 11 is 0. The lowest BCUT2D eigenvalue weighted by molar-refractivity contribution is 0.0954. The monoisotopic (exact) mass is 331 g/mol. The average molecular weight is 331 g/mol. The van der Waals surface area contributed by atoms with Gasteiger partial charge in [-0.1, -0.05) is 12.1 Å². The summed E-state index contributed by atoms with van der Waals surface area (Å²) in [4.78, 5) is 27.2. The summed E-state index contributed by atoms with van der Waals surface area (Å²) in [7, 11) is 1.27. The van der Waals surface area contributed by atoms with Gasteiger partial charge in [0.25, 0.3) is 5.91 Å². The number of carbonyl (C=O) groups excluding carboxylic acids is 2. The quantitative estimate of drug-likeness (QED) is 0.849. The normalized spacial score (nSPS) is 10.1. The number of methoxy groups -OCH3 is 1. The number of alkyl carbamates (subject to hydrolysis) is 1. The molecular formula is C17H18FN3O3. The highest BCUT2D eigenvalue weighted by atomic mass is 19.1. The standard InChI is InChI=1S/C17H18FN3O3/c1-24-17(23)21-11-15-10-13(7-9-19-15)16(22)20-8-6-12-2-4-14(18)5-3-12/h2-5,7,9-10H,6,8,11H2,1H3,(H,20,22)(H,21,23). The van der Waals surface area contributed by atoms with Gasteiger partial charge >= 0.3 is 6.09 Å². The Kier molecular flexibility index (Phi) is 6.24. The van der Waals surface area contributed by atoms with Crippen molar-refractivity contribution in [2.24, 2.45) is 0 Å². The highest BCUT2D eigenvalue weighted by molar-refractivity contribution is 5.94. The van der Waals surface area contributed by atoms with Crippen LogP contribution in [-0.4, -0.2) is 30.6 Å². The highest BCUT2D eigenvalue weighted by Gasteiger charge is 2.07. The number of rotatable bonds is 6. The van der Waals surface area contributed by atoms with Crippen molar-refractivity contribution in [3.05, 3.63) is 65.2 Å². The predicted molar refractivity (Wildman–Crippen MR) is 85.9 cm³/mol. The molecule has 126 valence electrons. The number of hydrogen-bond donors (Lipinski definition) is 2. The Morgan fingerprint density at radius 1 is 1.17 bits per heavy atom. The molecule has 1 heterocycles. The zero-order chi connectivity index (χ0) is 17.4. The Morgan fingerprint density at radius 3 is 2.62 bits per heavy atom. The van der Waals surface area contributed by atoms with Gasteiger partial charge < -0.3 is 15.4 Å². The van der Waals surface area contributed by atoms with Gasteiger partial charge in [0.05, 0.1) is 19.3 Å². The summed E-state index contributed by atoms with van der Waals surface area (Å²) in [5.74, 6) is -0.522. The summed E-state index contributed by atoms with van der Waals surface area (Å²) in [6, 6.07) is 9.34. The first-order chi connectivity index (χ1) is 11.6. The molecule has 2 N–H and O–H groups in total. The number of hydrogen-bond acceptors (Lipinski definition) is 4. The third kappa shape index (κ3) is 5.35. The van der Waals surface area contributed by atoms with Crippen LogP contribution in [0.2, 0.25) is 0 Å².